The highest BCUT2D eigenvalue weighted by molar-refractivity contribution is 5.27. The minimum atomic E-state index is -0.0618. The van der Waals surface area contributed by atoms with Crippen LogP contribution >= 0.6 is 0 Å². The number of halogens is 1. The molecule has 0 heterocycles. The van der Waals surface area contributed by atoms with E-state index in [9.17, 15) is 4.39 Å². The van der Waals surface area contributed by atoms with E-state index in [-0.39, 0.29) is 11.4 Å². The van der Waals surface area contributed by atoms with Gasteiger partial charge in [-0.05, 0) is 82.0 Å². The molecule has 2 rings (SSSR count). The third-order valence-corrected chi connectivity index (χ3v) is 4.77. The highest BCUT2D eigenvalue weighted by atomic mass is 19.1. The fourth-order valence-electron chi connectivity index (χ4n) is 3.37. The van der Waals surface area contributed by atoms with Crippen LogP contribution in [0.4, 0.5) is 4.39 Å². The molecule has 0 amide bonds. The van der Waals surface area contributed by atoms with E-state index in [0.29, 0.717) is 11.8 Å². The second kappa shape index (κ2) is 6.48. The Bertz CT molecular complexity index is 475. The predicted octanol–water partition coefficient (Wildman–Crippen LogP) is 5.04. The Labute approximate surface area is 129 Å². The van der Waals surface area contributed by atoms with Gasteiger partial charge in [-0.15, -0.1) is 0 Å². The zero-order valence-corrected chi connectivity index (χ0v) is 14.2. The van der Waals surface area contributed by atoms with Crippen molar-refractivity contribution in [3.8, 4) is 0 Å². The van der Waals surface area contributed by atoms with E-state index in [2.05, 4.69) is 39.1 Å². The molecule has 0 radical (unpaired) electrons. The Morgan fingerprint density at radius 1 is 1.24 bits per heavy atom. The van der Waals surface area contributed by atoms with Crippen LogP contribution in [0.5, 0.6) is 0 Å². The first-order chi connectivity index (χ1) is 9.76. The number of nitrogens with one attached hydrogen (secondary N) is 1. The van der Waals surface area contributed by atoms with Crippen LogP contribution in [0.3, 0.4) is 0 Å². The van der Waals surface area contributed by atoms with Gasteiger partial charge in [0.15, 0.2) is 0 Å². The van der Waals surface area contributed by atoms with Crippen LogP contribution in [-0.4, -0.2) is 12.1 Å². The van der Waals surface area contributed by atoms with E-state index in [4.69, 9.17) is 0 Å². The molecule has 1 saturated carbocycles. The summed E-state index contributed by atoms with van der Waals surface area (Å²) in [6, 6.07) is 5.82. The summed E-state index contributed by atoms with van der Waals surface area (Å²) in [7, 11) is 0. The van der Waals surface area contributed by atoms with Gasteiger partial charge < -0.3 is 5.32 Å². The van der Waals surface area contributed by atoms with Crippen molar-refractivity contribution < 1.29 is 4.39 Å². The molecule has 0 bridgehead atoms. The van der Waals surface area contributed by atoms with E-state index >= 15 is 0 Å². The molecule has 0 aliphatic heterocycles. The first-order valence-corrected chi connectivity index (χ1v) is 8.27. The summed E-state index contributed by atoms with van der Waals surface area (Å²) in [5.74, 6) is 1.78. The summed E-state index contributed by atoms with van der Waals surface area (Å²) in [5.41, 5.74) is 2.07. The van der Waals surface area contributed by atoms with Gasteiger partial charge in [0.1, 0.15) is 5.82 Å². The minimum absolute atomic E-state index is 0.0618. The molecule has 1 aliphatic carbocycles. The molecule has 118 valence electrons. The fraction of sp³-hybridized carbons (Fsp3) is 0.684. The molecule has 2 heteroatoms. The normalized spacial score (nSPS) is 26.9. The van der Waals surface area contributed by atoms with Crippen molar-refractivity contribution in [3.63, 3.8) is 0 Å². The first kappa shape index (κ1) is 16.5. The van der Waals surface area contributed by atoms with Crippen LogP contribution in [0.2, 0.25) is 0 Å². The Hall–Kier alpha value is -0.890. The van der Waals surface area contributed by atoms with E-state index in [0.717, 1.165) is 18.0 Å². The average Bonchev–Trinajstić information content (AvgIpc) is 2.39. The predicted molar refractivity (Wildman–Crippen MR) is 88.1 cm³/mol. The van der Waals surface area contributed by atoms with Crippen LogP contribution < -0.4 is 5.32 Å². The maximum atomic E-state index is 13.9. The Balaban J connectivity index is 2.16. The first-order valence-electron chi connectivity index (χ1n) is 8.27. The molecular formula is C19H30FN. The zero-order chi connectivity index (χ0) is 15.6. The molecule has 0 spiro atoms. The van der Waals surface area contributed by atoms with Crippen LogP contribution in [0, 0.1) is 24.6 Å². The molecule has 1 nitrogen and oxygen atoms in total. The van der Waals surface area contributed by atoms with Crippen molar-refractivity contribution in [1.82, 2.24) is 5.32 Å². The van der Waals surface area contributed by atoms with Gasteiger partial charge in [0.05, 0.1) is 0 Å². The molecule has 0 aromatic heterocycles. The van der Waals surface area contributed by atoms with Crippen LogP contribution in [0.25, 0.3) is 0 Å². The molecule has 1 aromatic carbocycles. The molecular weight excluding hydrogens is 261 g/mol. The van der Waals surface area contributed by atoms with Crippen molar-refractivity contribution in [3.05, 3.63) is 35.1 Å². The zero-order valence-electron chi connectivity index (χ0n) is 14.2. The van der Waals surface area contributed by atoms with Crippen LogP contribution in [-0.2, 0) is 0 Å². The molecule has 1 aromatic rings. The van der Waals surface area contributed by atoms with Crippen molar-refractivity contribution in [2.24, 2.45) is 11.8 Å². The lowest BCUT2D eigenvalue weighted by atomic mass is 9.71. The lowest BCUT2D eigenvalue weighted by Gasteiger charge is -2.37. The topological polar surface area (TPSA) is 12.0 Å². The summed E-state index contributed by atoms with van der Waals surface area (Å²) in [6.45, 7) is 11.8. The van der Waals surface area contributed by atoms with Gasteiger partial charge in [-0.25, -0.2) is 4.39 Å². The summed E-state index contributed by atoms with van der Waals surface area (Å²) in [4.78, 5) is 0. The molecule has 21 heavy (non-hydrogen) atoms. The smallest absolute Gasteiger partial charge is 0.126 e. The minimum Gasteiger partial charge on any atom is -0.312 e. The van der Waals surface area contributed by atoms with Gasteiger partial charge in [-0.2, -0.15) is 0 Å². The summed E-state index contributed by atoms with van der Waals surface area (Å²) in [6.07, 6.45) is 3.71. The van der Waals surface area contributed by atoms with Gasteiger partial charge in [-0.1, -0.05) is 25.5 Å². The molecule has 1 fully saturated rings. The van der Waals surface area contributed by atoms with Gasteiger partial charge in [0.25, 0.3) is 0 Å². The molecule has 0 saturated heterocycles. The standard InChI is InChI=1S/C19H30FN/c1-13-6-8-16(12-21-19(3,4)5)17(10-13)15-9-7-14(2)18(20)11-15/h7,9,11,13,16-17,21H,6,8,10,12H2,1-5H3. The largest absolute Gasteiger partial charge is 0.312 e. The molecule has 1 N–H and O–H groups in total. The Kier molecular flexibility index (Phi) is 5.08. The third-order valence-electron chi connectivity index (χ3n) is 4.77. The summed E-state index contributed by atoms with van der Waals surface area (Å²) in [5, 5.41) is 3.64. The van der Waals surface area contributed by atoms with Crippen molar-refractivity contribution in [2.75, 3.05) is 6.54 Å². The summed E-state index contributed by atoms with van der Waals surface area (Å²) >= 11 is 0. The highest BCUT2D eigenvalue weighted by Gasteiger charge is 2.30. The van der Waals surface area contributed by atoms with Crippen LogP contribution in [0.15, 0.2) is 18.2 Å². The van der Waals surface area contributed by atoms with Gasteiger partial charge in [0, 0.05) is 5.54 Å². The number of hydrogen-bond donors (Lipinski definition) is 1. The van der Waals surface area contributed by atoms with Crippen molar-refractivity contribution in [2.45, 2.75) is 65.3 Å². The summed E-state index contributed by atoms with van der Waals surface area (Å²) < 4.78 is 13.9. The SMILES string of the molecule is Cc1ccc(C2CC(C)CCC2CNC(C)(C)C)cc1F. The van der Waals surface area contributed by atoms with Gasteiger partial charge in [-0.3, -0.25) is 0 Å². The van der Waals surface area contributed by atoms with Gasteiger partial charge >= 0.3 is 0 Å². The van der Waals surface area contributed by atoms with Crippen LogP contribution in [0.1, 0.15) is 64.0 Å². The third kappa shape index (κ3) is 4.54. The Morgan fingerprint density at radius 3 is 2.57 bits per heavy atom. The second-order valence-corrected chi connectivity index (χ2v) is 7.92. The number of aryl methyl sites for hydroxylation is 1. The maximum Gasteiger partial charge on any atom is 0.126 e. The molecule has 3 unspecified atom stereocenters. The molecule has 3 atom stereocenters. The maximum absolute atomic E-state index is 13.9. The van der Waals surface area contributed by atoms with Crippen molar-refractivity contribution >= 4 is 0 Å². The van der Waals surface area contributed by atoms with Crippen molar-refractivity contribution in [1.29, 1.82) is 0 Å². The second-order valence-electron chi connectivity index (χ2n) is 7.92. The Morgan fingerprint density at radius 2 is 1.95 bits per heavy atom. The van der Waals surface area contributed by atoms with Gasteiger partial charge in [0.2, 0.25) is 0 Å². The number of hydrogen-bond acceptors (Lipinski definition) is 1. The fourth-order valence-corrected chi connectivity index (χ4v) is 3.37. The van der Waals surface area contributed by atoms with E-state index in [1.54, 1.807) is 6.07 Å². The van der Waals surface area contributed by atoms with E-state index < -0.39 is 0 Å². The monoisotopic (exact) mass is 291 g/mol. The van der Waals surface area contributed by atoms with E-state index in [1.807, 2.05) is 13.0 Å². The molecule has 1 aliphatic rings. The number of rotatable bonds is 3. The van der Waals surface area contributed by atoms with E-state index in [1.165, 1.54) is 24.8 Å². The lowest BCUT2D eigenvalue weighted by molar-refractivity contribution is 0.226. The quantitative estimate of drug-likeness (QED) is 0.822. The highest BCUT2D eigenvalue weighted by Crippen LogP contribution is 2.40. The number of benzene rings is 1. The average molecular weight is 291 g/mol. The lowest BCUT2D eigenvalue weighted by Crippen LogP contribution is -2.41.